The average Bonchev–Trinajstić information content (AvgIpc) is 2.87. The molecule has 0 atom stereocenters. The summed E-state index contributed by atoms with van der Waals surface area (Å²) in [6.45, 7) is 0.598. The number of esters is 1. The maximum absolute atomic E-state index is 11.9. The Labute approximate surface area is 187 Å². The molecule has 160 valence electrons. The van der Waals surface area contributed by atoms with Crippen LogP contribution in [0.1, 0.15) is 21.6 Å². The molecule has 0 radical (unpaired) electrons. The lowest BCUT2D eigenvalue weighted by molar-refractivity contribution is 0.0597. The van der Waals surface area contributed by atoms with E-state index in [9.17, 15) is 4.79 Å². The maximum atomic E-state index is 11.9. The second-order valence-electron chi connectivity index (χ2n) is 7.11. The molecule has 1 heterocycles. The quantitative estimate of drug-likeness (QED) is 0.339. The Hall–Kier alpha value is -4.12. The smallest absolute Gasteiger partial charge is 0.338 e. The molecule has 0 saturated carbocycles. The first kappa shape index (κ1) is 21.1. The third-order valence-corrected chi connectivity index (χ3v) is 4.94. The van der Waals surface area contributed by atoms with Crippen LogP contribution in [0.5, 0.6) is 11.5 Å². The van der Waals surface area contributed by atoms with Gasteiger partial charge in [-0.1, -0.05) is 60.7 Å². The summed E-state index contributed by atoms with van der Waals surface area (Å²) in [5.41, 5.74) is 4.28. The van der Waals surface area contributed by atoms with E-state index in [1.807, 2.05) is 72.9 Å². The third-order valence-electron chi connectivity index (χ3n) is 4.94. The van der Waals surface area contributed by atoms with Gasteiger partial charge in [-0.05, 0) is 29.8 Å². The van der Waals surface area contributed by atoms with E-state index in [-0.39, 0.29) is 12.6 Å². The SMILES string of the molecule is COC(=O)c1ccccc1COc1cccc(OCc2ccc(-c3ccccc3)cn2)c1. The molecule has 0 aliphatic rings. The lowest BCUT2D eigenvalue weighted by atomic mass is 10.1. The van der Waals surface area contributed by atoms with E-state index < -0.39 is 0 Å². The molecule has 1 aromatic heterocycles. The fraction of sp³-hybridized carbons (Fsp3) is 0.111. The second-order valence-corrected chi connectivity index (χ2v) is 7.11. The van der Waals surface area contributed by atoms with Crippen LogP contribution in [0.15, 0.2) is 97.2 Å². The van der Waals surface area contributed by atoms with Gasteiger partial charge in [-0.3, -0.25) is 4.98 Å². The fourth-order valence-corrected chi connectivity index (χ4v) is 3.24. The zero-order valence-electron chi connectivity index (χ0n) is 17.7. The highest BCUT2D eigenvalue weighted by Gasteiger charge is 2.11. The Morgan fingerprint density at radius 2 is 1.47 bits per heavy atom. The van der Waals surface area contributed by atoms with Crippen LogP contribution >= 0.6 is 0 Å². The highest BCUT2D eigenvalue weighted by atomic mass is 16.5. The van der Waals surface area contributed by atoms with Gasteiger partial charge in [0.05, 0.1) is 18.4 Å². The molecule has 0 aliphatic carbocycles. The topological polar surface area (TPSA) is 57.7 Å². The molecule has 0 aliphatic heterocycles. The first-order valence-corrected chi connectivity index (χ1v) is 10.2. The maximum Gasteiger partial charge on any atom is 0.338 e. The van der Waals surface area contributed by atoms with Crippen molar-refractivity contribution < 1.29 is 19.0 Å². The number of rotatable bonds is 8. The number of hydrogen-bond acceptors (Lipinski definition) is 5. The van der Waals surface area contributed by atoms with Crippen molar-refractivity contribution in [1.82, 2.24) is 4.98 Å². The molecule has 0 unspecified atom stereocenters. The van der Waals surface area contributed by atoms with Gasteiger partial charge in [0.25, 0.3) is 0 Å². The monoisotopic (exact) mass is 425 g/mol. The molecule has 4 rings (SSSR count). The molecular weight excluding hydrogens is 402 g/mol. The molecule has 4 aromatic rings. The molecule has 32 heavy (non-hydrogen) atoms. The van der Waals surface area contributed by atoms with Crippen LogP contribution < -0.4 is 9.47 Å². The van der Waals surface area contributed by atoms with E-state index >= 15 is 0 Å². The van der Waals surface area contributed by atoms with Crippen LogP contribution in [0, 0.1) is 0 Å². The molecule has 5 heteroatoms. The first-order valence-electron chi connectivity index (χ1n) is 10.2. The van der Waals surface area contributed by atoms with Crippen molar-refractivity contribution in [1.29, 1.82) is 0 Å². The molecular formula is C27H23NO4. The number of pyridine rings is 1. The summed E-state index contributed by atoms with van der Waals surface area (Å²) in [6.07, 6.45) is 1.85. The lowest BCUT2D eigenvalue weighted by Gasteiger charge is -2.11. The number of methoxy groups -OCH3 is 1. The Bertz CT molecular complexity index is 1170. The van der Waals surface area contributed by atoms with Gasteiger partial charge >= 0.3 is 5.97 Å². The van der Waals surface area contributed by atoms with E-state index in [2.05, 4.69) is 17.1 Å². The highest BCUT2D eigenvalue weighted by molar-refractivity contribution is 5.90. The predicted octanol–water partition coefficient (Wildman–Crippen LogP) is 5.69. The summed E-state index contributed by atoms with van der Waals surface area (Å²) < 4.78 is 16.6. The highest BCUT2D eigenvalue weighted by Crippen LogP contribution is 2.23. The van der Waals surface area contributed by atoms with Crippen LogP contribution in [-0.2, 0) is 18.0 Å². The van der Waals surface area contributed by atoms with Crippen LogP contribution in [0.4, 0.5) is 0 Å². The minimum atomic E-state index is -0.382. The minimum absolute atomic E-state index is 0.247. The van der Waals surface area contributed by atoms with E-state index in [1.54, 1.807) is 12.1 Å². The fourth-order valence-electron chi connectivity index (χ4n) is 3.24. The number of nitrogens with zero attached hydrogens (tertiary/aromatic N) is 1. The van der Waals surface area contributed by atoms with Crippen molar-refractivity contribution in [3.8, 4) is 22.6 Å². The largest absolute Gasteiger partial charge is 0.489 e. The molecule has 0 saturated heterocycles. The zero-order chi connectivity index (χ0) is 22.2. The van der Waals surface area contributed by atoms with Gasteiger partial charge in [0, 0.05) is 23.4 Å². The Kier molecular flexibility index (Phi) is 6.78. The van der Waals surface area contributed by atoms with Crippen molar-refractivity contribution in [3.05, 3.63) is 114 Å². The van der Waals surface area contributed by atoms with Crippen LogP contribution in [0.3, 0.4) is 0 Å². The summed E-state index contributed by atoms with van der Waals surface area (Å²) >= 11 is 0. The number of carbonyl (C=O) groups excluding carboxylic acids is 1. The van der Waals surface area contributed by atoms with Crippen molar-refractivity contribution in [2.45, 2.75) is 13.2 Å². The lowest BCUT2D eigenvalue weighted by Crippen LogP contribution is -2.07. The number of ether oxygens (including phenoxy) is 3. The molecule has 0 N–H and O–H groups in total. The Morgan fingerprint density at radius 1 is 0.750 bits per heavy atom. The zero-order valence-corrected chi connectivity index (χ0v) is 17.7. The molecule has 5 nitrogen and oxygen atoms in total. The summed E-state index contributed by atoms with van der Waals surface area (Å²) in [6, 6.07) is 28.8. The summed E-state index contributed by atoms with van der Waals surface area (Å²) in [7, 11) is 1.37. The van der Waals surface area contributed by atoms with Crippen LogP contribution in [0.2, 0.25) is 0 Å². The predicted molar refractivity (Wildman–Crippen MR) is 123 cm³/mol. The molecule has 0 bridgehead atoms. The van der Waals surface area contributed by atoms with Crippen molar-refractivity contribution in [2.75, 3.05) is 7.11 Å². The van der Waals surface area contributed by atoms with E-state index in [4.69, 9.17) is 14.2 Å². The van der Waals surface area contributed by atoms with Gasteiger partial charge < -0.3 is 14.2 Å². The van der Waals surface area contributed by atoms with Crippen molar-refractivity contribution >= 4 is 5.97 Å². The van der Waals surface area contributed by atoms with Gasteiger partial charge in [0.1, 0.15) is 24.7 Å². The first-order chi connectivity index (χ1) is 15.7. The number of carbonyl (C=O) groups is 1. The number of hydrogen-bond donors (Lipinski definition) is 0. The Balaban J connectivity index is 1.36. The van der Waals surface area contributed by atoms with Gasteiger partial charge in [-0.15, -0.1) is 0 Å². The Morgan fingerprint density at radius 3 is 2.19 bits per heavy atom. The summed E-state index contributed by atoms with van der Waals surface area (Å²) in [5, 5.41) is 0. The average molecular weight is 425 g/mol. The second kappa shape index (κ2) is 10.3. The molecule has 0 amide bonds. The summed E-state index contributed by atoms with van der Waals surface area (Å²) in [5.74, 6) is 0.944. The van der Waals surface area contributed by atoms with E-state index in [0.29, 0.717) is 23.7 Å². The van der Waals surface area contributed by atoms with E-state index in [1.165, 1.54) is 7.11 Å². The van der Waals surface area contributed by atoms with Crippen LogP contribution in [0.25, 0.3) is 11.1 Å². The third kappa shape index (κ3) is 5.32. The van der Waals surface area contributed by atoms with Gasteiger partial charge in [-0.2, -0.15) is 0 Å². The van der Waals surface area contributed by atoms with Crippen LogP contribution in [-0.4, -0.2) is 18.1 Å². The minimum Gasteiger partial charge on any atom is -0.489 e. The number of benzene rings is 3. The number of aromatic nitrogens is 1. The van der Waals surface area contributed by atoms with Crippen molar-refractivity contribution in [3.63, 3.8) is 0 Å². The normalized spacial score (nSPS) is 10.4. The summed E-state index contributed by atoms with van der Waals surface area (Å²) in [4.78, 5) is 16.4. The molecule has 0 fully saturated rings. The standard InChI is InChI=1S/C27H23NO4/c1-30-27(29)26-13-6-5-10-22(26)18-31-24-11-7-12-25(16-24)32-19-23-15-14-21(17-28-23)20-8-3-2-4-9-20/h2-17H,18-19H2,1H3. The van der Waals surface area contributed by atoms with E-state index in [0.717, 1.165) is 22.4 Å². The van der Waals surface area contributed by atoms with Gasteiger partial charge in [0.2, 0.25) is 0 Å². The van der Waals surface area contributed by atoms with Gasteiger partial charge in [-0.25, -0.2) is 4.79 Å². The molecule has 0 spiro atoms. The van der Waals surface area contributed by atoms with Crippen molar-refractivity contribution in [2.24, 2.45) is 0 Å². The molecule has 3 aromatic carbocycles. The van der Waals surface area contributed by atoms with Gasteiger partial charge in [0.15, 0.2) is 0 Å².